The van der Waals surface area contributed by atoms with Gasteiger partial charge in [0.1, 0.15) is 0 Å². The minimum Gasteiger partial charge on any atom is -0.344 e. The van der Waals surface area contributed by atoms with Crippen LogP contribution in [0.15, 0.2) is 0 Å². The number of halogens is 4. The van der Waals surface area contributed by atoms with Gasteiger partial charge in [-0.1, -0.05) is 23.2 Å². The van der Waals surface area contributed by atoms with Gasteiger partial charge in [-0.25, -0.2) is 0 Å². The highest BCUT2D eigenvalue weighted by Crippen LogP contribution is 2.23. The Morgan fingerprint density at radius 3 is 2.11 bits per heavy atom. The molecule has 0 unspecified atom stereocenters. The molecule has 0 N–H and O–H groups in total. The molecule has 0 aromatic rings. The Balaban J connectivity index is 3.33. The first kappa shape index (κ1) is 10.1. The lowest BCUT2D eigenvalue weighted by Crippen LogP contribution is -2.20. The molecule has 0 radical (unpaired) electrons. The molecule has 56 valence electrons. The molecule has 5 heteroatoms. The first-order valence-corrected chi connectivity index (χ1v) is 4.08. The summed E-state index contributed by atoms with van der Waals surface area (Å²) in [4.78, 5) is 0. The van der Waals surface area contributed by atoms with Crippen LogP contribution in [0.5, 0.6) is 0 Å². The lowest BCUT2D eigenvalue weighted by molar-refractivity contribution is 0.106. The minimum absolute atomic E-state index is 0.0347. The molecule has 0 aromatic carbocycles. The third kappa shape index (κ3) is 5.56. The predicted octanol–water partition coefficient (Wildman–Crippen LogP) is 2.61. The number of hydrogen-bond donors (Lipinski definition) is 0. The number of hydrogen-bond acceptors (Lipinski definition) is 1. The zero-order valence-electron chi connectivity index (χ0n) is 4.54. The van der Waals surface area contributed by atoms with Crippen molar-refractivity contribution in [3.63, 3.8) is 0 Å². The summed E-state index contributed by atoms with van der Waals surface area (Å²) in [5.41, 5.74) is 0. The molecule has 0 rings (SSSR count). The van der Waals surface area contributed by atoms with Gasteiger partial charge in [0.2, 0.25) is 4.52 Å². The van der Waals surface area contributed by atoms with Crippen molar-refractivity contribution in [2.75, 3.05) is 18.4 Å². The van der Waals surface area contributed by atoms with Crippen molar-refractivity contribution in [1.82, 2.24) is 0 Å². The molecule has 0 amide bonds. The molecule has 0 saturated carbocycles. The molecule has 9 heavy (non-hydrogen) atoms. The van der Waals surface area contributed by atoms with E-state index >= 15 is 0 Å². The summed E-state index contributed by atoms with van der Waals surface area (Å²) in [6, 6.07) is 0. The summed E-state index contributed by atoms with van der Waals surface area (Å²) in [6.45, 7) is 0.307. The van der Waals surface area contributed by atoms with Crippen molar-refractivity contribution in [1.29, 1.82) is 0 Å². The Morgan fingerprint density at radius 2 is 1.78 bits per heavy atom. The van der Waals surface area contributed by atoms with Crippen molar-refractivity contribution >= 4 is 46.4 Å². The van der Waals surface area contributed by atoms with Crippen LogP contribution >= 0.6 is 46.4 Å². The Labute approximate surface area is 74.2 Å². The van der Waals surface area contributed by atoms with Gasteiger partial charge in [0.05, 0.1) is 12.5 Å². The summed E-state index contributed by atoms with van der Waals surface area (Å²) in [5, 5.41) is 0. The maximum Gasteiger partial charge on any atom is 0.231 e. The van der Waals surface area contributed by atoms with Gasteiger partial charge in [-0.15, -0.1) is 23.2 Å². The van der Waals surface area contributed by atoms with E-state index in [1.165, 1.54) is 0 Å². The monoisotopic (exact) mass is 210 g/mol. The van der Waals surface area contributed by atoms with E-state index in [4.69, 9.17) is 51.1 Å². The molecule has 0 aromatic heterocycles. The fraction of sp³-hybridized carbons (Fsp3) is 1.00. The van der Waals surface area contributed by atoms with Crippen LogP contribution in [-0.4, -0.2) is 22.9 Å². The van der Waals surface area contributed by atoms with Crippen LogP contribution in [0.3, 0.4) is 0 Å². The summed E-state index contributed by atoms with van der Waals surface area (Å²) >= 11 is 21.5. The lowest BCUT2D eigenvalue weighted by atomic mass is 10.8. The van der Waals surface area contributed by atoms with E-state index in [0.29, 0.717) is 12.5 Å². The Kier molecular flexibility index (Phi) is 5.47. The molecule has 0 atom stereocenters. The third-order valence-electron chi connectivity index (χ3n) is 0.546. The van der Waals surface area contributed by atoms with Crippen molar-refractivity contribution in [2.45, 2.75) is 4.52 Å². The second kappa shape index (κ2) is 4.86. The first-order chi connectivity index (χ1) is 4.12. The van der Waals surface area contributed by atoms with Crippen LogP contribution in [0.25, 0.3) is 0 Å². The van der Waals surface area contributed by atoms with Gasteiger partial charge in [-0.2, -0.15) is 0 Å². The van der Waals surface area contributed by atoms with E-state index in [2.05, 4.69) is 0 Å². The van der Waals surface area contributed by atoms with Crippen molar-refractivity contribution in [3.8, 4) is 0 Å². The van der Waals surface area contributed by atoms with Gasteiger partial charge in [-0.05, 0) is 0 Å². The van der Waals surface area contributed by atoms with Gasteiger partial charge in [-0.3, -0.25) is 0 Å². The van der Waals surface area contributed by atoms with Crippen LogP contribution in [0.1, 0.15) is 0 Å². The molecule has 0 aliphatic carbocycles. The minimum atomic E-state index is -1.28. The van der Waals surface area contributed by atoms with Crippen LogP contribution in [-0.2, 0) is 4.74 Å². The second-order valence-corrected chi connectivity index (χ2v) is 3.37. The fourth-order valence-electron chi connectivity index (χ4n) is 0.226. The maximum atomic E-state index is 5.45. The quantitative estimate of drug-likeness (QED) is 0.650. The fourth-order valence-corrected chi connectivity index (χ4v) is 0.535. The molecule has 0 fully saturated rings. The van der Waals surface area contributed by atoms with E-state index < -0.39 is 4.52 Å². The number of ether oxygens (including phenoxy) is 1. The molecule has 0 spiro atoms. The van der Waals surface area contributed by atoms with Crippen LogP contribution in [0, 0.1) is 0 Å². The van der Waals surface area contributed by atoms with Crippen molar-refractivity contribution < 1.29 is 4.74 Å². The average molecular weight is 212 g/mol. The Morgan fingerprint density at radius 1 is 1.22 bits per heavy atom. The van der Waals surface area contributed by atoms with Gasteiger partial charge in [0.25, 0.3) is 0 Å². The predicted molar refractivity (Wildman–Crippen MR) is 41.8 cm³/mol. The Bertz CT molecular complexity index is 75.0. The van der Waals surface area contributed by atoms with Crippen molar-refractivity contribution in [3.05, 3.63) is 0 Å². The third-order valence-corrected chi connectivity index (χ3v) is 1.84. The zero-order chi connectivity index (χ0) is 7.33. The van der Waals surface area contributed by atoms with E-state index in [1.807, 2.05) is 0 Å². The normalized spacial score (nSPS) is 12.0. The second-order valence-electron chi connectivity index (χ2n) is 1.31. The molecular formula is C4H6Cl4O. The lowest BCUT2D eigenvalue weighted by Gasteiger charge is -2.15. The van der Waals surface area contributed by atoms with Crippen molar-refractivity contribution in [2.24, 2.45) is 0 Å². The van der Waals surface area contributed by atoms with E-state index in [1.54, 1.807) is 0 Å². The maximum absolute atomic E-state index is 5.45. The summed E-state index contributed by atoms with van der Waals surface area (Å²) < 4.78 is 3.51. The zero-order valence-corrected chi connectivity index (χ0v) is 7.57. The highest BCUT2D eigenvalue weighted by Gasteiger charge is 2.22. The molecule has 1 nitrogen and oxygen atoms in total. The Hall–Kier alpha value is 1.12. The van der Waals surface area contributed by atoms with Gasteiger partial charge in [0, 0.05) is 5.88 Å². The molecule has 0 aliphatic rings. The van der Waals surface area contributed by atoms with E-state index in [0.717, 1.165) is 0 Å². The molecule has 0 heterocycles. The average Bonchev–Trinajstić information content (AvgIpc) is 1.84. The summed E-state index contributed by atoms with van der Waals surface area (Å²) in [5.74, 6) is 0.394. The molecule has 0 saturated heterocycles. The van der Waals surface area contributed by atoms with Crippen LogP contribution in [0.4, 0.5) is 0 Å². The SMILES string of the molecule is ClCCOC(Cl)(Cl)CCl. The summed E-state index contributed by atoms with van der Waals surface area (Å²) in [7, 11) is 0. The highest BCUT2D eigenvalue weighted by molar-refractivity contribution is 6.50. The van der Waals surface area contributed by atoms with Gasteiger partial charge >= 0.3 is 0 Å². The van der Waals surface area contributed by atoms with Gasteiger partial charge < -0.3 is 4.74 Å². The largest absolute Gasteiger partial charge is 0.344 e. The first-order valence-electron chi connectivity index (χ1n) is 2.26. The summed E-state index contributed by atoms with van der Waals surface area (Å²) in [6.07, 6.45) is 0. The molecular weight excluding hydrogens is 206 g/mol. The number of rotatable bonds is 4. The van der Waals surface area contributed by atoms with E-state index in [-0.39, 0.29) is 5.88 Å². The standard InChI is InChI=1S/C4H6Cl4O/c5-1-2-9-4(7,8)3-6/h1-3H2. The number of alkyl halides is 4. The highest BCUT2D eigenvalue weighted by atomic mass is 35.5. The van der Waals surface area contributed by atoms with Crippen LogP contribution in [0.2, 0.25) is 0 Å². The molecule has 0 bridgehead atoms. The smallest absolute Gasteiger partial charge is 0.231 e. The van der Waals surface area contributed by atoms with Gasteiger partial charge in [0.15, 0.2) is 0 Å². The molecule has 0 aliphatic heterocycles. The van der Waals surface area contributed by atoms with E-state index in [9.17, 15) is 0 Å². The topological polar surface area (TPSA) is 9.23 Å². The van der Waals surface area contributed by atoms with Crippen LogP contribution < -0.4 is 0 Å².